The van der Waals surface area contributed by atoms with E-state index in [1.54, 1.807) is 18.2 Å². The van der Waals surface area contributed by atoms with Crippen LogP contribution >= 0.6 is 22.6 Å². The van der Waals surface area contributed by atoms with Crippen LogP contribution in [-0.4, -0.2) is 11.8 Å². The number of carbonyl (C=O) groups is 2. The van der Waals surface area contributed by atoms with Crippen molar-refractivity contribution in [2.75, 3.05) is 5.32 Å². The second-order valence-electron chi connectivity index (χ2n) is 4.46. The Balaban J connectivity index is 2.35. The van der Waals surface area contributed by atoms with Gasteiger partial charge >= 0.3 is 0 Å². The minimum atomic E-state index is -0.751. The molecule has 21 heavy (non-hydrogen) atoms. The number of hydrogen-bond donors (Lipinski definition) is 2. The first-order valence-electron chi connectivity index (χ1n) is 6.05. The maximum absolute atomic E-state index is 13.8. The van der Waals surface area contributed by atoms with Gasteiger partial charge in [-0.05, 0) is 59.8 Å². The Hall–Kier alpha value is -1.96. The van der Waals surface area contributed by atoms with Crippen LogP contribution in [-0.2, 0) is 0 Å². The number of nitrogens with two attached hydrogens (primary N) is 1. The first kappa shape index (κ1) is 15.4. The molecule has 3 N–H and O–H groups in total. The van der Waals surface area contributed by atoms with E-state index < -0.39 is 11.7 Å². The molecule has 2 aromatic carbocycles. The van der Waals surface area contributed by atoms with E-state index >= 15 is 0 Å². The highest BCUT2D eigenvalue weighted by atomic mass is 127. The molecule has 0 radical (unpaired) electrons. The predicted molar refractivity (Wildman–Crippen MR) is 86.8 cm³/mol. The minimum Gasteiger partial charge on any atom is -0.366 e. The summed E-state index contributed by atoms with van der Waals surface area (Å²) in [7, 11) is 0. The van der Waals surface area contributed by atoms with Gasteiger partial charge in [-0.3, -0.25) is 9.59 Å². The van der Waals surface area contributed by atoms with Crippen molar-refractivity contribution >= 4 is 40.1 Å². The van der Waals surface area contributed by atoms with Gasteiger partial charge in [0.2, 0.25) is 5.91 Å². The Labute approximate surface area is 134 Å². The molecule has 0 fully saturated rings. The van der Waals surface area contributed by atoms with E-state index in [0.29, 0.717) is 5.56 Å². The highest BCUT2D eigenvalue weighted by Gasteiger charge is 2.13. The second kappa shape index (κ2) is 6.21. The van der Waals surface area contributed by atoms with Gasteiger partial charge in [-0.15, -0.1) is 0 Å². The number of nitrogens with one attached hydrogen (secondary N) is 1. The molecule has 0 aromatic heterocycles. The SMILES string of the molecule is Cc1c(F)cc(C(N)=O)cc1NC(=O)c1cccc(I)c1. The molecule has 2 rings (SSSR count). The summed E-state index contributed by atoms with van der Waals surface area (Å²) in [5.74, 6) is -1.72. The van der Waals surface area contributed by atoms with Crippen LogP contribution in [0.25, 0.3) is 0 Å². The first-order valence-corrected chi connectivity index (χ1v) is 7.13. The quantitative estimate of drug-likeness (QED) is 0.781. The minimum absolute atomic E-state index is 0.0102. The molecule has 0 aliphatic carbocycles. The van der Waals surface area contributed by atoms with Gasteiger partial charge in [0.1, 0.15) is 5.82 Å². The average Bonchev–Trinajstić information content (AvgIpc) is 2.43. The van der Waals surface area contributed by atoms with Gasteiger partial charge in [-0.25, -0.2) is 4.39 Å². The van der Waals surface area contributed by atoms with Crippen LogP contribution < -0.4 is 11.1 Å². The van der Waals surface area contributed by atoms with Crippen molar-refractivity contribution in [1.29, 1.82) is 0 Å². The fraction of sp³-hybridized carbons (Fsp3) is 0.0667. The van der Waals surface area contributed by atoms with E-state index in [-0.39, 0.29) is 22.7 Å². The molecule has 0 aliphatic heterocycles. The molecule has 2 aromatic rings. The normalized spacial score (nSPS) is 10.2. The number of anilines is 1. The smallest absolute Gasteiger partial charge is 0.255 e. The molecular formula is C15H12FIN2O2. The first-order chi connectivity index (χ1) is 9.88. The van der Waals surface area contributed by atoms with Gasteiger partial charge in [0.25, 0.3) is 5.91 Å². The Kier molecular flexibility index (Phi) is 4.56. The molecule has 0 heterocycles. The number of halogens is 2. The predicted octanol–water partition coefficient (Wildman–Crippen LogP) is 3.09. The number of amides is 2. The molecule has 0 spiro atoms. The molecule has 0 atom stereocenters. The lowest BCUT2D eigenvalue weighted by Crippen LogP contribution is -2.16. The molecule has 0 saturated carbocycles. The van der Waals surface area contributed by atoms with Crippen LogP contribution in [0.15, 0.2) is 36.4 Å². The zero-order chi connectivity index (χ0) is 15.6. The largest absolute Gasteiger partial charge is 0.366 e. The Bertz CT molecular complexity index is 732. The fourth-order valence-electron chi connectivity index (χ4n) is 1.78. The van der Waals surface area contributed by atoms with Gasteiger partial charge in [0.05, 0.1) is 0 Å². The van der Waals surface area contributed by atoms with E-state index in [1.165, 1.54) is 13.0 Å². The molecule has 6 heteroatoms. The second-order valence-corrected chi connectivity index (χ2v) is 5.70. The van der Waals surface area contributed by atoms with E-state index in [0.717, 1.165) is 9.64 Å². The summed E-state index contributed by atoms with van der Waals surface area (Å²) in [6, 6.07) is 9.39. The molecule has 108 valence electrons. The van der Waals surface area contributed by atoms with Crippen LogP contribution in [0.5, 0.6) is 0 Å². The van der Waals surface area contributed by atoms with Crippen LogP contribution in [0.4, 0.5) is 10.1 Å². The zero-order valence-corrected chi connectivity index (χ0v) is 13.3. The highest BCUT2D eigenvalue weighted by Crippen LogP contribution is 2.21. The highest BCUT2D eigenvalue weighted by molar-refractivity contribution is 14.1. The third-order valence-electron chi connectivity index (χ3n) is 2.96. The maximum atomic E-state index is 13.8. The lowest BCUT2D eigenvalue weighted by atomic mass is 10.1. The average molecular weight is 398 g/mol. The summed E-state index contributed by atoms with van der Waals surface area (Å²) in [6.45, 7) is 1.52. The molecule has 0 saturated heterocycles. The third kappa shape index (κ3) is 3.57. The number of primary amides is 1. The summed E-state index contributed by atoms with van der Waals surface area (Å²) >= 11 is 2.09. The van der Waals surface area contributed by atoms with E-state index in [2.05, 4.69) is 27.9 Å². The Morgan fingerprint density at radius 1 is 1.19 bits per heavy atom. The topological polar surface area (TPSA) is 72.2 Å². The van der Waals surface area contributed by atoms with Crippen molar-refractivity contribution in [3.05, 3.63) is 62.5 Å². The molecular weight excluding hydrogens is 386 g/mol. The number of benzene rings is 2. The Morgan fingerprint density at radius 2 is 1.90 bits per heavy atom. The molecule has 2 amide bonds. The number of rotatable bonds is 3. The number of carbonyl (C=O) groups excluding carboxylic acids is 2. The van der Waals surface area contributed by atoms with E-state index in [4.69, 9.17) is 5.73 Å². The lowest BCUT2D eigenvalue weighted by Gasteiger charge is -2.11. The van der Waals surface area contributed by atoms with Gasteiger partial charge < -0.3 is 11.1 Å². The standard InChI is InChI=1S/C15H12FIN2O2/c1-8-12(16)6-10(14(18)20)7-13(8)19-15(21)9-3-2-4-11(17)5-9/h2-7H,1H3,(H2,18,20)(H,19,21). The van der Waals surface area contributed by atoms with E-state index in [9.17, 15) is 14.0 Å². The molecule has 0 unspecified atom stereocenters. The van der Waals surface area contributed by atoms with Crippen LogP contribution in [0, 0.1) is 16.3 Å². The van der Waals surface area contributed by atoms with Crippen molar-refractivity contribution in [1.82, 2.24) is 0 Å². The van der Waals surface area contributed by atoms with Gasteiger partial charge in [0.15, 0.2) is 0 Å². The van der Waals surface area contributed by atoms with E-state index in [1.807, 2.05) is 6.07 Å². The summed E-state index contributed by atoms with van der Waals surface area (Å²) in [5.41, 5.74) is 6.08. The third-order valence-corrected chi connectivity index (χ3v) is 3.63. The van der Waals surface area contributed by atoms with Crippen LogP contribution in [0.3, 0.4) is 0 Å². The molecule has 0 bridgehead atoms. The fourth-order valence-corrected chi connectivity index (χ4v) is 2.32. The van der Waals surface area contributed by atoms with Crippen molar-refractivity contribution in [2.24, 2.45) is 5.73 Å². The van der Waals surface area contributed by atoms with Crippen molar-refractivity contribution in [3.8, 4) is 0 Å². The van der Waals surface area contributed by atoms with Crippen LogP contribution in [0.1, 0.15) is 26.3 Å². The van der Waals surface area contributed by atoms with Gasteiger partial charge in [-0.1, -0.05) is 6.07 Å². The molecule has 4 nitrogen and oxygen atoms in total. The van der Waals surface area contributed by atoms with Crippen molar-refractivity contribution in [3.63, 3.8) is 0 Å². The summed E-state index contributed by atoms with van der Waals surface area (Å²) in [6.07, 6.45) is 0. The monoisotopic (exact) mass is 398 g/mol. The lowest BCUT2D eigenvalue weighted by molar-refractivity contribution is 0.0995. The summed E-state index contributed by atoms with van der Waals surface area (Å²) in [5, 5.41) is 2.60. The molecule has 0 aliphatic rings. The number of hydrogen-bond acceptors (Lipinski definition) is 2. The van der Waals surface area contributed by atoms with Crippen molar-refractivity contribution in [2.45, 2.75) is 6.92 Å². The Morgan fingerprint density at radius 3 is 2.52 bits per heavy atom. The maximum Gasteiger partial charge on any atom is 0.255 e. The van der Waals surface area contributed by atoms with Gasteiger partial charge in [-0.2, -0.15) is 0 Å². The summed E-state index contributed by atoms with van der Waals surface area (Å²) in [4.78, 5) is 23.3. The van der Waals surface area contributed by atoms with Crippen LogP contribution in [0.2, 0.25) is 0 Å². The van der Waals surface area contributed by atoms with Gasteiger partial charge in [0, 0.05) is 25.9 Å². The zero-order valence-electron chi connectivity index (χ0n) is 11.1. The van der Waals surface area contributed by atoms with Crippen molar-refractivity contribution < 1.29 is 14.0 Å². The summed E-state index contributed by atoms with van der Waals surface area (Å²) < 4.78 is 14.7.